The molecule has 0 unspecified atom stereocenters. The molecule has 1 fully saturated rings. The number of hydrogen-bond donors (Lipinski definition) is 1. The summed E-state index contributed by atoms with van der Waals surface area (Å²) in [6.07, 6.45) is -1.70. The number of carbonyl (C=O) groups excluding carboxylic acids is 2. The molecule has 1 aromatic carbocycles. The third kappa shape index (κ3) is 4.67. The zero-order valence-corrected chi connectivity index (χ0v) is 16.3. The van der Waals surface area contributed by atoms with Crippen LogP contribution in [0.15, 0.2) is 41.8 Å². The summed E-state index contributed by atoms with van der Waals surface area (Å²) in [7, 11) is 0. The van der Waals surface area contributed by atoms with Crippen molar-refractivity contribution in [1.82, 2.24) is 5.32 Å². The Balaban J connectivity index is 2.05. The molecule has 0 radical (unpaired) electrons. The van der Waals surface area contributed by atoms with Crippen molar-refractivity contribution in [1.29, 1.82) is 0 Å². The second-order valence-corrected chi connectivity index (χ2v) is 7.98. The fourth-order valence-electron chi connectivity index (χ4n) is 3.32. The molecule has 4 nitrogen and oxygen atoms in total. The second-order valence-electron chi connectivity index (χ2n) is 6.56. The lowest BCUT2D eigenvalue weighted by Gasteiger charge is -2.32. The predicted molar refractivity (Wildman–Crippen MR) is 102 cm³/mol. The van der Waals surface area contributed by atoms with Crippen LogP contribution in [0.2, 0.25) is 5.02 Å². The van der Waals surface area contributed by atoms with Gasteiger partial charge in [0.2, 0.25) is 5.91 Å². The Labute approximate surface area is 169 Å². The lowest BCUT2D eigenvalue weighted by molar-refractivity contribution is -0.171. The summed E-state index contributed by atoms with van der Waals surface area (Å²) >= 11 is 7.05. The maximum absolute atomic E-state index is 13.4. The molecule has 1 aromatic heterocycles. The van der Waals surface area contributed by atoms with Gasteiger partial charge in [0.15, 0.2) is 6.04 Å². The molecule has 0 saturated heterocycles. The van der Waals surface area contributed by atoms with E-state index in [0.29, 0.717) is 9.78 Å². The molecular formula is C19H18ClF3N2O2S. The summed E-state index contributed by atoms with van der Waals surface area (Å²) in [4.78, 5) is 26.2. The fourth-order valence-corrected chi connectivity index (χ4v) is 4.31. The largest absolute Gasteiger partial charge is 0.471 e. The summed E-state index contributed by atoms with van der Waals surface area (Å²) < 4.78 is 40.2. The molecule has 1 atom stereocenters. The standard InChI is InChI=1S/C19H18ClF3N2O2S/c20-12-5-3-8-14(11-12)25(18(27)19(21,22)23)16(15-9-4-10-28-15)17(26)24-13-6-1-2-7-13/h3-5,8-11,13,16H,1-2,6-7H2,(H,24,26)/t16-/m1/s1. The number of hydrogen-bond acceptors (Lipinski definition) is 3. The van der Waals surface area contributed by atoms with Gasteiger partial charge in [0.1, 0.15) is 0 Å². The van der Waals surface area contributed by atoms with E-state index in [-0.39, 0.29) is 16.8 Å². The number of amides is 2. The van der Waals surface area contributed by atoms with Gasteiger partial charge in [-0.15, -0.1) is 11.3 Å². The van der Waals surface area contributed by atoms with Crippen molar-refractivity contribution in [2.75, 3.05) is 4.90 Å². The molecule has 1 aliphatic carbocycles. The average molecular weight is 431 g/mol. The molecule has 0 spiro atoms. The van der Waals surface area contributed by atoms with E-state index in [1.165, 1.54) is 24.3 Å². The molecule has 2 aromatic rings. The second kappa shape index (κ2) is 8.53. The van der Waals surface area contributed by atoms with E-state index in [0.717, 1.165) is 37.0 Å². The highest BCUT2D eigenvalue weighted by Crippen LogP contribution is 2.35. The number of alkyl halides is 3. The molecule has 3 rings (SSSR count). The van der Waals surface area contributed by atoms with Gasteiger partial charge in [-0.1, -0.05) is 36.6 Å². The molecule has 1 N–H and O–H groups in total. The number of anilines is 1. The van der Waals surface area contributed by atoms with Gasteiger partial charge in [0.05, 0.1) is 0 Å². The summed E-state index contributed by atoms with van der Waals surface area (Å²) in [6.45, 7) is 0. The Hall–Kier alpha value is -2.06. The van der Waals surface area contributed by atoms with Crippen LogP contribution in [-0.4, -0.2) is 24.0 Å². The molecule has 1 saturated carbocycles. The molecule has 1 heterocycles. The van der Waals surface area contributed by atoms with E-state index in [1.54, 1.807) is 17.5 Å². The van der Waals surface area contributed by atoms with E-state index in [9.17, 15) is 22.8 Å². The highest BCUT2D eigenvalue weighted by atomic mass is 35.5. The van der Waals surface area contributed by atoms with Gasteiger partial charge in [-0.3, -0.25) is 14.5 Å². The third-order valence-corrected chi connectivity index (χ3v) is 5.73. The first-order valence-electron chi connectivity index (χ1n) is 8.77. The van der Waals surface area contributed by atoms with Crippen LogP contribution < -0.4 is 10.2 Å². The van der Waals surface area contributed by atoms with Gasteiger partial charge in [-0.2, -0.15) is 13.2 Å². The highest BCUT2D eigenvalue weighted by Gasteiger charge is 2.48. The highest BCUT2D eigenvalue weighted by molar-refractivity contribution is 7.10. The van der Waals surface area contributed by atoms with Crippen LogP contribution in [0.3, 0.4) is 0 Å². The number of rotatable bonds is 5. The van der Waals surface area contributed by atoms with Gasteiger partial charge < -0.3 is 5.32 Å². The maximum atomic E-state index is 13.4. The van der Waals surface area contributed by atoms with Gasteiger partial charge in [0.25, 0.3) is 0 Å². The first kappa shape index (κ1) is 20.7. The Morgan fingerprint density at radius 3 is 2.46 bits per heavy atom. The fraction of sp³-hybridized carbons (Fsp3) is 0.368. The van der Waals surface area contributed by atoms with Crippen LogP contribution in [0.1, 0.15) is 36.6 Å². The Morgan fingerprint density at radius 2 is 1.89 bits per heavy atom. The van der Waals surface area contributed by atoms with E-state index >= 15 is 0 Å². The van der Waals surface area contributed by atoms with Gasteiger partial charge in [-0.25, -0.2) is 0 Å². The van der Waals surface area contributed by atoms with Gasteiger partial charge in [0, 0.05) is 21.6 Å². The molecule has 0 aliphatic heterocycles. The van der Waals surface area contributed by atoms with Crippen LogP contribution in [0.25, 0.3) is 0 Å². The van der Waals surface area contributed by atoms with Crippen LogP contribution in [0.5, 0.6) is 0 Å². The lowest BCUT2D eigenvalue weighted by Crippen LogP contribution is -2.50. The maximum Gasteiger partial charge on any atom is 0.471 e. The summed E-state index contributed by atoms with van der Waals surface area (Å²) in [6, 6.07) is 7.14. The predicted octanol–water partition coefficient (Wildman–Crippen LogP) is 5.10. The quantitative estimate of drug-likeness (QED) is 0.717. The Morgan fingerprint density at radius 1 is 1.18 bits per heavy atom. The monoisotopic (exact) mass is 430 g/mol. The number of halogens is 4. The zero-order valence-electron chi connectivity index (χ0n) is 14.7. The number of benzene rings is 1. The number of carbonyl (C=O) groups is 2. The molecule has 0 bridgehead atoms. The first-order valence-corrected chi connectivity index (χ1v) is 10.0. The molecule has 28 heavy (non-hydrogen) atoms. The van der Waals surface area contributed by atoms with Gasteiger partial charge >= 0.3 is 12.1 Å². The third-order valence-electron chi connectivity index (χ3n) is 4.57. The molecule has 9 heteroatoms. The SMILES string of the molecule is O=C(NC1CCCC1)[C@@H](c1cccs1)N(C(=O)C(F)(F)F)c1cccc(Cl)c1. The minimum atomic E-state index is -5.15. The van der Waals surface area contributed by atoms with Crippen molar-refractivity contribution in [2.24, 2.45) is 0 Å². The van der Waals surface area contributed by atoms with Crippen molar-refractivity contribution < 1.29 is 22.8 Å². The van der Waals surface area contributed by atoms with Crippen molar-refractivity contribution in [2.45, 2.75) is 43.9 Å². The number of thiophene rings is 1. The Kier molecular flexibility index (Phi) is 6.30. The van der Waals surface area contributed by atoms with Crippen molar-refractivity contribution in [3.63, 3.8) is 0 Å². The van der Waals surface area contributed by atoms with E-state index < -0.39 is 24.0 Å². The number of nitrogens with one attached hydrogen (secondary N) is 1. The minimum Gasteiger partial charge on any atom is -0.351 e. The van der Waals surface area contributed by atoms with E-state index in [2.05, 4.69) is 5.32 Å². The van der Waals surface area contributed by atoms with Gasteiger partial charge in [-0.05, 0) is 42.5 Å². The van der Waals surface area contributed by atoms with Crippen molar-refractivity contribution >= 4 is 40.4 Å². The summed E-state index contributed by atoms with van der Waals surface area (Å²) in [5.74, 6) is -2.75. The normalized spacial score (nSPS) is 16.0. The minimum absolute atomic E-state index is 0.0882. The van der Waals surface area contributed by atoms with Crippen LogP contribution in [-0.2, 0) is 9.59 Å². The van der Waals surface area contributed by atoms with Crippen LogP contribution in [0.4, 0.5) is 18.9 Å². The smallest absolute Gasteiger partial charge is 0.351 e. The van der Waals surface area contributed by atoms with E-state index in [1.807, 2.05) is 0 Å². The zero-order chi connectivity index (χ0) is 20.3. The summed E-state index contributed by atoms with van der Waals surface area (Å²) in [5, 5.41) is 4.63. The van der Waals surface area contributed by atoms with Crippen LogP contribution in [0, 0.1) is 0 Å². The van der Waals surface area contributed by atoms with Crippen molar-refractivity contribution in [3.8, 4) is 0 Å². The summed E-state index contributed by atoms with van der Waals surface area (Å²) in [5.41, 5.74) is -0.0882. The molecule has 1 aliphatic rings. The van der Waals surface area contributed by atoms with E-state index in [4.69, 9.17) is 11.6 Å². The molecular weight excluding hydrogens is 413 g/mol. The number of nitrogens with zero attached hydrogens (tertiary/aromatic N) is 1. The average Bonchev–Trinajstić information content (AvgIpc) is 3.32. The van der Waals surface area contributed by atoms with Crippen molar-refractivity contribution in [3.05, 3.63) is 51.7 Å². The Bertz CT molecular complexity index is 836. The molecule has 150 valence electrons. The topological polar surface area (TPSA) is 49.4 Å². The molecule has 2 amide bonds. The van der Waals surface area contributed by atoms with Crippen LogP contribution >= 0.6 is 22.9 Å². The lowest BCUT2D eigenvalue weighted by atomic mass is 10.1. The first-order chi connectivity index (χ1) is 13.3.